The molecule has 0 radical (unpaired) electrons. The molecule has 2 aromatic rings. The first-order chi connectivity index (χ1) is 10.8. The number of benzene rings is 2. The van der Waals surface area contributed by atoms with Crippen LogP contribution >= 0.6 is 23.2 Å². The van der Waals surface area contributed by atoms with Crippen molar-refractivity contribution in [3.8, 4) is 0 Å². The van der Waals surface area contributed by atoms with Crippen molar-refractivity contribution in [2.45, 2.75) is 6.92 Å². The van der Waals surface area contributed by atoms with Gasteiger partial charge in [0.1, 0.15) is 0 Å². The molecule has 0 saturated carbocycles. The van der Waals surface area contributed by atoms with Crippen LogP contribution in [0.25, 0.3) is 6.08 Å². The van der Waals surface area contributed by atoms with Crippen LogP contribution in [0.2, 0.25) is 10.0 Å². The lowest BCUT2D eigenvalue weighted by Gasteiger charge is -2.06. The molecule has 0 unspecified atom stereocenters. The number of amides is 1. The van der Waals surface area contributed by atoms with Gasteiger partial charge in [0.05, 0.1) is 5.41 Å². The maximum Gasteiger partial charge on any atom is 0.265 e. The molecule has 0 aliphatic carbocycles. The minimum Gasteiger partial charge on any atom is -0.268 e. The van der Waals surface area contributed by atoms with Crippen LogP contribution in [0.5, 0.6) is 0 Å². The standard InChI is InChI=1S/C16H13Cl2NO3S/c1-11-9-14(18)5-6-15(11)16(20)19-23(21,22)8-7-12-3-2-4-13(17)10-12/h2-10H,1H3,(H,19,20). The first kappa shape index (κ1) is 17.5. The largest absolute Gasteiger partial charge is 0.268 e. The summed E-state index contributed by atoms with van der Waals surface area (Å²) < 4.78 is 25.9. The van der Waals surface area contributed by atoms with Gasteiger partial charge in [-0.05, 0) is 54.5 Å². The molecule has 0 bridgehead atoms. The second-order valence-corrected chi connectivity index (χ2v) is 7.23. The summed E-state index contributed by atoms with van der Waals surface area (Å²) in [7, 11) is -3.92. The molecule has 23 heavy (non-hydrogen) atoms. The topological polar surface area (TPSA) is 63.2 Å². The van der Waals surface area contributed by atoms with Crippen molar-refractivity contribution in [3.63, 3.8) is 0 Å². The number of hydrogen-bond donors (Lipinski definition) is 1. The van der Waals surface area contributed by atoms with Crippen molar-refractivity contribution >= 4 is 45.2 Å². The van der Waals surface area contributed by atoms with Crippen LogP contribution in [0.4, 0.5) is 0 Å². The summed E-state index contributed by atoms with van der Waals surface area (Å²) in [5.74, 6) is -0.713. The number of carbonyl (C=O) groups excluding carboxylic acids is 1. The highest BCUT2D eigenvalue weighted by molar-refractivity contribution is 7.93. The van der Waals surface area contributed by atoms with Gasteiger partial charge in [0.25, 0.3) is 15.9 Å². The Hall–Kier alpha value is -1.82. The van der Waals surface area contributed by atoms with Gasteiger partial charge in [-0.3, -0.25) is 4.79 Å². The number of rotatable bonds is 4. The van der Waals surface area contributed by atoms with Crippen molar-refractivity contribution in [2.24, 2.45) is 0 Å². The van der Waals surface area contributed by atoms with E-state index in [0.29, 0.717) is 21.2 Å². The summed E-state index contributed by atoms with van der Waals surface area (Å²) in [5, 5.41) is 1.88. The molecule has 0 heterocycles. The molecule has 0 spiro atoms. The third-order valence-corrected chi connectivity index (χ3v) is 4.39. The quantitative estimate of drug-likeness (QED) is 0.884. The van der Waals surface area contributed by atoms with E-state index in [2.05, 4.69) is 0 Å². The molecule has 0 aliphatic rings. The lowest BCUT2D eigenvalue weighted by molar-refractivity contribution is 0.0981. The Morgan fingerprint density at radius 2 is 1.78 bits per heavy atom. The summed E-state index contributed by atoms with van der Waals surface area (Å²) in [5.41, 5.74) is 1.44. The molecular weight excluding hydrogens is 357 g/mol. The minimum atomic E-state index is -3.92. The van der Waals surface area contributed by atoms with E-state index in [1.54, 1.807) is 37.3 Å². The van der Waals surface area contributed by atoms with Gasteiger partial charge in [-0.25, -0.2) is 13.1 Å². The van der Waals surface area contributed by atoms with Gasteiger partial charge in [-0.2, -0.15) is 0 Å². The zero-order valence-electron chi connectivity index (χ0n) is 12.1. The lowest BCUT2D eigenvalue weighted by Crippen LogP contribution is -2.29. The molecular formula is C16H13Cl2NO3S. The molecule has 0 aliphatic heterocycles. The van der Waals surface area contributed by atoms with Gasteiger partial charge >= 0.3 is 0 Å². The molecule has 4 nitrogen and oxygen atoms in total. The highest BCUT2D eigenvalue weighted by Gasteiger charge is 2.15. The predicted molar refractivity (Wildman–Crippen MR) is 93.1 cm³/mol. The summed E-state index contributed by atoms with van der Waals surface area (Å²) >= 11 is 11.6. The van der Waals surface area contributed by atoms with Gasteiger partial charge in [0, 0.05) is 15.6 Å². The fourth-order valence-electron chi connectivity index (χ4n) is 1.88. The SMILES string of the molecule is Cc1cc(Cl)ccc1C(=O)NS(=O)(=O)C=Cc1cccc(Cl)c1. The van der Waals surface area contributed by atoms with Gasteiger partial charge in [-0.15, -0.1) is 0 Å². The van der Waals surface area contributed by atoms with E-state index in [9.17, 15) is 13.2 Å². The fourth-order valence-corrected chi connectivity index (χ4v) is 3.08. The van der Waals surface area contributed by atoms with E-state index >= 15 is 0 Å². The maximum atomic E-state index is 12.1. The predicted octanol–water partition coefficient (Wildman–Crippen LogP) is 4.03. The van der Waals surface area contributed by atoms with Crippen LogP contribution in [-0.2, 0) is 10.0 Å². The number of sulfonamides is 1. The Bertz CT molecular complexity index is 877. The van der Waals surface area contributed by atoms with Crippen LogP contribution in [-0.4, -0.2) is 14.3 Å². The highest BCUT2D eigenvalue weighted by Crippen LogP contribution is 2.16. The Kier molecular flexibility index (Phi) is 5.46. The molecule has 0 fully saturated rings. The molecule has 0 saturated heterocycles. The second-order valence-electron chi connectivity index (χ2n) is 4.79. The van der Waals surface area contributed by atoms with Gasteiger partial charge in [0.15, 0.2) is 0 Å². The van der Waals surface area contributed by atoms with E-state index in [-0.39, 0.29) is 5.56 Å². The van der Waals surface area contributed by atoms with E-state index in [1.807, 2.05) is 4.72 Å². The third-order valence-electron chi connectivity index (χ3n) is 2.96. The molecule has 1 N–H and O–H groups in total. The molecule has 0 atom stereocenters. The smallest absolute Gasteiger partial charge is 0.265 e. The average Bonchev–Trinajstić information content (AvgIpc) is 2.44. The molecule has 2 aromatic carbocycles. The molecule has 2 rings (SSSR count). The summed E-state index contributed by atoms with van der Waals surface area (Å²) in [6.07, 6.45) is 1.36. The van der Waals surface area contributed by atoms with Gasteiger partial charge in [0.2, 0.25) is 0 Å². The minimum absolute atomic E-state index is 0.245. The maximum absolute atomic E-state index is 12.1. The Balaban J connectivity index is 2.16. The van der Waals surface area contributed by atoms with Crippen LogP contribution in [0, 0.1) is 6.92 Å². The van der Waals surface area contributed by atoms with Crippen molar-refractivity contribution < 1.29 is 13.2 Å². The number of aryl methyl sites for hydroxylation is 1. The van der Waals surface area contributed by atoms with E-state index in [4.69, 9.17) is 23.2 Å². The van der Waals surface area contributed by atoms with Crippen molar-refractivity contribution in [1.29, 1.82) is 0 Å². The Labute approximate surface area is 144 Å². The average molecular weight is 370 g/mol. The Morgan fingerprint density at radius 1 is 1.09 bits per heavy atom. The van der Waals surface area contributed by atoms with Crippen LogP contribution in [0.3, 0.4) is 0 Å². The normalized spacial score (nSPS) is 11.6. The third kappa shape index (κ3) is 5.10. The van der Waals surface area contributed by atoms with Crippen LogP contribution in [0.15, 0.2) is 47.9 Å². The van der Waals surface area contributed by atoms with Gasteiger partial charge < -0.3 is 0 Å². The summed E-state index contributed by atoms with van der Waals surface area (Å²) in [6.45, 7) is 1.68. The van der Waals surface area contributed by atoms with E-state index < -0.39 is 15.9 Å². The van der Waals surface area contributed by atoms with Crippen molar-refractivity contribution in [3.05, 3.63) is 74.6 Å². The zero-order chi connectivity index (χ0) is 17.0. The van der Waals surface area contributed by atoms with Crippen molar-refractivity contribution in [1.82, 2.24) is 4.72 Å². The lowest BCUT2D eigenvalue weighted by atomic mass is 10.1. The van der Waals surface area contributed by atoms with Gasteiger partial charge in [-0.1, -0.05) is 35.3 Å². The number of nitrogens with one attached hydrogen (secondary N) is 1. The molecule has 7 heteroatoms. The highest BCUT2D eigenvalue weighted by atomic mass is 35.5. The molecule has 1 amide bonds. The molecule has 120 valence electrons. The van der Waals surface area contributed by atoms with Crippen LogP contribution in [0.1, 0.15) is 21.5 Å². The van der Waals surface area contributed by atoms with E-state index in [0.717, 1.165) is 5.41 Å². The van der Waals surface area contributed by atoms with Crippen molar-refractivity contribution in [2.75, 3.05) is 0 Å². The zero-order valence-corrected chi connectivity index (χ0v) is 14.4. The molecule has 0 aromatic heterocycles. The number of halogens is 2. The van der Waals surface area contributed by atoms with E-state index in [1.165, 1.54) is 18.2 Å². The number of carbonyl (C=O) groups is 1. The number of hydrogen-bond acceptors (Lipinski definition) is 3. The monoisotopic (exact) mass is 369 g/mol. The summed E-state index contributed by atoms with van der Waals surface area (Å²) in [6, 6.07) is 11.3. The first-order valence-electron chi connectivity index (χ1n) is 6.54. The Morgan fingerprint density at radius 3 is 2.43 bits per heavy atom. The second kappa shape index (κ2) is 7.17. The fraction of sp³-hybridized carbons (Fsp3) is 0.0625. The summed E-state index contributed by atoms with van der Waals surface area (Å²) in [4.78, 5) is 12.1. The van der Waals surface area contributed by atoms with Crippen LogP contribution < -0.4 is 4.72 Å². The first-order valence-corrected chi connectivity index (χ1v) is 8.84.